The van der Waals surface area contributed by atoms with Crippen molar-refractivity contribution in [2.75, 3.05) is 26.2 Å². The number of carbonyl (C=O) groups excluding carboxylic acids is 2. The summed E-state index contributed by atoms with van der Waals surface area (Å²) in [6.07, 6.45) is 1.29. The number of benzene rings is 3. The molecule has 3 aromatic carbocycles. The van der Waals surface area contributed by atoms with Crippen LogP contribution in [-0.2, 0) is 17.6 Å². The second kappa shape index (κ2) is 11.5. The van der Waals surface area contributed by atoms with Gasteiger partial charge in [0.25, 0.3) is 5.91 Å². The van der Waals surface area contributed by atoms with E-state index >= 15 is 0 Å². The molecule has 0 atom stereocenters. The minimum absolute atomic E-state index is 0.0262. The van der Waals surface area contributed by atoms with Crippen LogP contribution < -0.4 is 0 Å². The normalized spacial score (nSPS) is 13.9. The number of piperazine rings is 1. The van der Waals surface area contributed by atoms with Crippen molar-refractivity contribution in [2.24, 2.45) is 5.92 Å². The molecule has 0 aromatic heterocycles. The summed E-state index contributed by atoms with van der Waals surface area (Å²) in [4.78, 5) is 30.3. The number of hydrogen-bond donors (Lipinski definition) is 0. The van der Waals surface area contributed by atoms with Crippen molar-refractivity contribution in [2.45, 2.75) is 12.8 Å². The molecule has 2 amide bonds. The molecule has 1 fully saturated rings. The molecule has 1 aliphatic heterocycles. The fourth-order valence-corrected chi connectivity index (χ4v) is 5.29. The van der Waals surface area contributed by atoms with Crippen LogP contribution in [0.1, 0.15) is 21.5 Å². The van der Waals surface area contributed by atoms with Gasteiger partial charge in [-0.3, -0.25) is 9.59 Å². The zero-order valence-electron chi connectivity index (χ0n) is 18.6. The Labute approximate surface area is 222 Å². The molecule has 4 rings (SSSR count). The molecule has 1 aliphatic rings. The van der Waals surface area contributed by atoms with Crippen molar-refractivity contribution in [3.05, 3.63) is 103 Å². The van der Waals surface area contributed by atoms with E-state index in [1.807, 2.05) is 46.2 Å². The molecule has 3 aromatic rings. The molecule has 0 spiro atoms. The first-order valence-corrected chi connectivity index (χ1v) is 13.2. The average Bonchev–Trinajstić information content (AvgIpc) is 2.86. The first-order valence-electron chi connectivity index (χ1n) is 11.2. The van der Waals surface area contributed by atoms with E-state index in [-0.39, 0.29) is 17.7 Å². The van der Waals surface area contributed by atoms with Crippen molar-refractivity contribution in [3.63, 3.8) is 0 Å². The third-order valence-corrected chi connectivity index (χ3v) is 7.97. The lowest BCUT2D eigenvalue weighted by molar-refractivity contribution is -0.137. The predicted octanol–water partition coefficient (Wildman–Crippen LogP) is 6.25. The van der Waals surface area contributed by atoms with Crippen LogP contribution in [0.2, 0.25) is 5.02 Å². The van der Waals surface area contributed by atoms with Crippen LogP contribution in [0.4, 0.5) is 0 Å². The van der Waals surface area contributed by atoms with E-state index in [1.54, 1.807) is 24.3 Å². The van der Waals surface area contributed by atoms with E-state index in [9.17, 15) is 9.59 Å². The molecular weight excluding hydrogens is 580 g/mol. The molecular formula is C27H25Br2ClN2O2. The molecule has 1 saturated heterocycles. The molecule has 1 heterocycles. The Kier molecular flexibility index (Phi) is 8.46. The third kappa shape index (κ3) is 6.09. The van der Waals surface area contributed by atoms with E-state index in [1.165, 1.54) is 0 Å². The number of halogens is 3. The SMILES string of the molecule is O=C(c1ccc(Cl)cc1)N1CCN(C(=O)C(Cc2ccccc2Br)Cc2ccccc2Br)CC1. The Morgan fingerprint density at radius 2 is 1.21 bits per heavy atom. The fourth-order valence-electron chi connectivity index (χ4n) is 4.27. The number of hydrogen-bond acceptors (Lipinski definition) is 2. The summed E-state index contributed by atoms with van der Waals surface area (Å²) in [6.45, 7) is 2.09. The van der Waals surface area contributed by atoms with Gasteiger partial charge in [-0.05, 0) is 60.4 Å². The largest absolute Gasteiger partial charge is 0.339 e. The number of amides is 2. The highest BCUT2D eigenvalue weighted by Gasteiger charge is 2.30. The molecule has 0 bridgehead atoms. The molecule has 0 aliphatic carbocycles. The highest BCUT2D eigenvalue weighted by atomic mass is 79.9. The van der Waals surface area contributed by atoms with Crippen LogP contribution >= 0.6 is 43.5 Å². The molecule has 176 valence electrons. The third-order valence-electron chi connectivity index (χ3n) is 6.17. The maximum Gasteiger partial charge on any atom is 0.253 e. The van der Waals surface area contributed by atoms with Gasteiger partial charge in [0.15, 0.2) is 0 Å². The van der Waals surface area contributed by atoms with Gasteiger partial charge in [0.1, 0.15) is 0 Å². The van der Waals surface area contributed by atoms with Crippen LogP contribution in [0.15, 0.2) is 81.7 Å². The van der Waals surface area contributed by atoms with Gasteiger partial charge in [-0.2, -0.15) is 0 Å². The molecule has 7 heteroatoms. The number of rotatable bonds is 6. The monoisotopic (exact) mass is 602 g/mol. The topological polar surface area (TPSA) is 40.6 Å². The minimum atomic E-state index is -0.198. The first kappa shape index (κ1) is 25.0. The second-order valence-electron chi connectivity index (χ2n) is 8.41. The van der Waals surface area contributed by atoms with Gasteiger partial charge >= 0.3 is 0 Å². The summed E-state index contributed by atoms with van der Waals surface area (Å²) in [5.74, 6) is -0.0947. The maximum atomic E-state index is 13.7. The van der Waals surface area contributed by atoms with E-state index < -0.39 is 0 Å². The van der Waals surface area contributed by atoms with Crippen LogP contribution in [0.3, 0.4) is 0 Å². The zero-order valence-corrected chi connectivity index (χ0v) is 22.5. The van der Waals surface area contributed by atoms with E-state index in [0.717, 1.165) is 20.1 Å². The fraction of sp³-hybridized carbons (Fsp3) is 0.259. The van der Waals surface area contributed by atoms with Crippen LogP contribution in [0.25, 0.3) is 0 Å². The Balaban J connectivity index is 1.46. The van der Waals surface area contributed by atoms with Gasteiger partial charge in [-0.15, -0.1) is 0 Å². The average molecular weight is 605 g/mol. The lowest BCUT2D eigenvalue weighted by Crippen LogP contribution is -2.52. The summed E-state index contributed by atoms with van der Waals surface area (Å²) in [7, 11) is 0. The lowest BCUT2D eigenvalue weighted by Gasteiger charge is -2.36. The quantitative estimate of drug-likeness (QED) is 0.334. The lowest BCUT2D eigenvalue weighted by atomic mass is 9.91. The van der Waals surface area contributed by atoms with Gasteiger partial charge in [-0.1, -0.05) is 79.9 Å². The van der Waals surface area contributed by atoms with Gasteiger partial charge in [0.2, 0.25) is 5.91 Å². The van der Waals surface area contributed by atoms with Gasteiger partial charge < -0.3 is 9.80 Å². The predicted molar refractivity (Wildman–Crippen MR) is 143 cm³/mol. The standard InChI is InChI=1S/C27H25Br2ClN2O2/c28-24-7-3-1-5-20(24)17-22(18-21-6-2-4-8-25(21)29)27(34)32-15-13-31(14-16-32)26(33)19-9-11-23(30)12-10-19/h1-12,22H,13-18H2. The minimum Gasteiger partial charge on any atom is -0.339 e. The highest BCUT2D eigenvalue weighted by Crippen LogP contribution is 2.26. The van der Waals surface area contributed by atoms with Crippen molar-refractivity contribution >= 4 is 55.3 Å². The molecule has 0 saturated carbocycles. The van der Waals surface area contributed by atoms with Gasteiger partial charge in [-0.25, -0.2) is 0 Å². The highest BCUT2D eigenvalue weighted by molar-refractivity contribution is 9.10. The summed E-state index contributed by atoms with van der Waals surface area (Å²) >= 11 is 13.2. The Hall–Kier alpha value is -2.15. The van der Waals surface area contributed by atoms with Crippen LogP contribution in [0, 0.1) is 5.92 Å². The molecule has 0 unspecified atom stereocenters. The number of carbonyl (C=O) groups is 2. The Morgan fingerprint density at radius 3 is 1.71 bits per heavy atom. The molecule has 0 radical (unpaired) electrons. The van der Waals surface area contributed by atoms with Crippen LogP contribution in [0.5, 0.6) is 0 Å². The van der Waals surface area contributed by atoms with E-state index in [2.05, 4.69) is 44.0 Å². The smallest absolute Gasteiger partial charge is 0.253 e. The summed E-state index contributed by atoms with van der Waals surface area (Å²) in [6, 6.07) is 23.0. The maximum absolute atomic E-state index is 13.7. The molecule has 0 N–H and O–H groups in total. The zero-order chi connectivity index (χ0) is 24.1. The van der Waals surface area contributed by atoms with Crippen molar-refractivity contribution in [3.8, 4) is 0 Å². The first-order chi connectivity index (χ1) is 16.4. The second-order valence-corrected chi connectivity index (χ2v) is 10.6. The van der Waals surface area contributed by atoms with Gasteiger partial charge in [0.05, 0.1) is 0 Å². The van der Waals surface area contributed by atoms with Crippen LogP contribution in [-0.4, -0.2) is 47.8 Å². The molecule has 34 heavy (non-hydrogen) atoms. The number of nitrogens with zero attached hydrogens (tertiary/aromatic N) is 2. The van der Waals surface area contributed by atoms with Crippen molar-refractivity contribution < 1.29 is 9.59 Å². The summed E-state index contributed by atoms with van der Waals surface area (Å²) < 4.78 is 2.02. The van der Waals surface area contributed by atoms with E-state index in [0.29, 0.717) is 49.6 Å². The summed E-state index contributed by atoms with van der Waals surface area (Å²) in [5.41, 5.74) is 2.85. The summed E-state index contributed by atoms with van der Waals surface area (Å²) in [5, 5.41) is 0.605. The Morgan fingerprint density at radius 1 is 0.735 bits per heavy atom. The van der Waals surface area contributed by atoms with Gasteiger partial charge in [0, 0.05) is 51.6 Å². The molecule has 4 nitrogen and oxygen atoms in total. The van der Waals surface area contributed by atoms with Crippen molar-refractivity contribution in [1.82, 2.24) is 9.80 Å². The Bertz CT molecular complexity index is 1110. The van der Waals surface area contributed by atoms with E-state index in [4.69, 9.17) is 11.6 Å². The van der Waals surface area contributed by atoms with Crippen molar-refractivity contribution in [1.29, 1.82) is 0 Å².